The molecule has 24 heavy (non-hydrogen) atoms. The van der Waals surface area contributed by atoms with Crippen molar-refractivity contribution in [2.24, 2.45) is 28.7 Å². The summed E-state index contributed by atoms with van der Waals surface area (Å²) >= 11 is 0. The largest absolute Gasteiger partial charge is 0.469 e. The zero-order valence-corrected chi connectivity index (χ0v) is 15.9. The first-order valence-electron chi connectivity index (χ1n) is 9.14. The second-order valence-electron chi connectivity index (χ2n) is 7.21. The van der Waals surface area contributed by atoms with E-state index in [-0.39, 0.29) is 24.4 Å². The maximum Gasteiger partial charge on any atom is 0.310 e. The summed E-state index contributed by atoms with van der Waals surface area (Å²) in [6.07, 6.45) is 1.84. The van der Waals surface area contributed by atoms with Crippen LogP contribution < -0.4 is 5.32 Å². The zero-order chi connectivity index (χ0) is 18.1. The summed E-state index contributed by atoms with van der Waals surface area (Å²) in [5, 5.41) is 12.6. The first-order valence-corrected chi connectivity index (χ1v) is 9.14. The minimum atomic E-state index is -0.140. The van der Waals surface area contributed by atoms with Gasteiger partial charge in [0, 0.05) is 32.8 Å². The molecule has 1 heterocycles. The monoisotopic (exact) mass is 341 g/mol. The Kier molecular flexibility index (Phi) is 9.11. The third-order valence-electron chi connectivity index (χ3n) is 4.59. The molecule has 0 radical (unpaired) electrons. The minimum Gasteiger partial charge on any atom is -0.469 e. The molecule has 0 amide bonds. The normalized spacial score (nSPS) is 22.8. The van der Waals surface area contributed by atoms with Crippen molar-refractivity contribution in [2.45, 2.75) is 40.5 Å². The number of rotatable bonds is 8. The van der Waals surface area contributed by atoms with Crippen LogP contribution in [0.2, 0.25) is 0 Å². The van der Waals surface area contributed by atoms with E-state index in [4.69, 9.17) is 9.73 Å². The van der Waals surface area contributed by atoms with Gasteiger partial charge in [-0.2, -0.15) is 0 Å². The Morgan fingerprint density at radius 1 is 1.42 bits per heavy atom. The van der Waals surface area contributed by atoms with Crippen LogP contribution in [0.3, 0.4) is 0 Å². The second kappa shape index (κ2) is 10.5. The van der Waals surface area contributed by atoms with Crippen LogP contribution in [0.5, 0.6) is 0 Å². The van der Waals surface area contributed by atoms with Crippen molar-refractivity contribution in [3.05, 3.63) is 0 Å². The molecule has 1 fully saturated rings. The summed E-state index contributed by atoms with van der Waals surface area (Å²) < 4.78 is 4.91. The highest BCUT2D eigenvalue weighted by Gasteiger charge is 2.36. The summed E-state index contributed by atoms with van der Waals surface area (Å²) in [7, 11) is 1.45. The molecule has 6 nitrogen and oxygen atoms in total. The van der Waals surface area contributed by atoms with Gasteiger partial charge in [0.05, 0.1) is 13.0 Å². The molecule has 0 bridgehead atoms. The average Bonchev–Trinajstić information content (AvgIpc) is 2.91. The molecule has 0 aromatic carbocycles. The summed E-state index contributed by atoms with van der Waals surface area (Å²) in [6.45, 7) is 11.7. The van der Waals surface area contributed by atoms with Crippen molar-refractivity contribution in [1.29, 1.82) is 0 Å². The fourth-order valence-electron chi connectivity index (χ4n) is 3.37. The van der Waals surface area contributed by atoms with Gasteiger partial charge in [0.1, 0.15) is 0 Å². The maximum absolute atomic E-state index is 11.9. The van der Waals surface area contributed by atoms with Crippen molar-refractivity contribution >= 4 is 11.9 Å². The lowest BCUT2D eigenvalue weighted by Gasteiger charge is -2.23. The summed E-state index contributed by atoms with van der Waals surface area (Å²) in [5.41, 5.74) is 0. The van der Waals surface area contributed by atoms with Gasteiger partial charge in [-0.05, 0) is 37.5 Å². The predicted molar refractivity (Wildman–Crippen MR) is 96.9 cm³/mol. The summed E-state index contributed by atoms with van der Waals surface area (Å²) in [4.78, 5) is 18.8. The number of ether oxygens (including phenoxy) is 1. The van der Waals surface area contributed by atoms with Crippen molar-refractivity contribution in [1.82, 2.24) is 10.2 Å². The van der Waals surface area contributed by atoms with Crippen LogP contribution >= 0.6 is 0 Å². The molecular weight excluding hydrogens is 306 g/mol. The second-order valence-corrected chi connectivity index (χ2v) is 7.21. The molecule has 3 unspecified atom stereocenters. The highest BCUT2D eigenvalue weighted by Crippen LogP contribution is 2.24. The van der Waals surface area contributed by atoms with Crippen LogP contribution in [0.15, 0.2) is 4.99 Å². The number of carbonyl (C=O) groups is 1. The number of methoxy groups -OCH3 is 1. The molecule has 1 aliphatic rings. The molecule has 1 aliphatic heterocycles. The smallest absolute Gasteiger partial charge is 0.310 e. The lowest BCUT2D eigenvalue weighted by atomic mass is 9.94. The van der Waals surface area contributed by atoms with Gasteiger partial charge in [0.15, 0.2) is 5.96 Å². The molecular formula is C18H35N3O3. The standard InChI is InChI=1S/C18H35N3O3/c1-6-19-18(20-10-15(7-8-22)9-13(2)3)21-11-14(4)16(12-21)17(23)24-5/h13-16,22H,6-12H2,1-5H3,(H,19,20). The quantitative estimate of drug-likeness (QED) is 0.400. The molecule has 1 saturated heterocycles. The fourth-order valence-corrected chi connectivity index (χ4v) is 3.37. The molecule has 2 N–H and O–H groups in total. The number of guanidine groups is 1. The number of carbonyl (C=O) groups excluding carboxylic acids is 1. The van der Waals surface area contributed by atoms with E-state index in [2.05, 4.69) is 31.0 Å². The third kappa shape index (κ3) is 6.30. The van der Waals surface area contributed by atoms with Crippen LogP contribution in [-0.4, -0.2) is 61.8 Å². The minimum absolute atomic E-state index is 0.0947. The molecule has 140 valence electrons. The van der Waals surface area contributed by atoms with Gasteiger partial charge in [-0.25, -0.2) is 0 Å². The number of aliphatic imine (C=N–C) groups is 1. The molecule has 0 spiro atoms. The van der Waals surface area contributed by atoms with Crippen LogP contribution in [0.1, 0.15) is 40.5 Å². The number of aliphatic hydroxyl groups excluding tert-OH is 1. The van der Waals surface area contributed by atoms with Crippen molar-refractivity contribution in [3.8, 4) is 0 Å². The van der Waals surface area contributed by atoms with E-state index in [0.29, 0.717) is 24.9 Å². The number of hydrogen-bond donors (Lipinski definition) is 2. The van der Waals surface area contributed by atoms with Gasteiger partial charge < -0.3 is 20.1 Å². The van der Waals surface area contributed by atoms with E-state index in [1.165, 1.54) is 7.11 Å². The third-order valence-corrected chi connectivity index (χ3v) is 4.59. The molecule has 6 heteroatoms. The van der Waals surface area contributed by atoms with Gasteiger partial charge in [-0.1, -0.05) is 20.8 Å². The molecule has 1 rings (SSSR count). The van der Waals surface area contributed by atoms with Crippen molar-refractivity contribution in [2.75, 3.05) is 39.9 Å². The Morgan fingerprint density at radius 2 is 2.12 bits per heavy atom. The first-order chi connectivity index (χ1) is 11.4. The Balaban J connectivity index is 2.76. The van der Waals surface area contributed by atoms with E-state index < -0.39 is 0 Å². The maximum atomic E-state index is 11.9. The van der Waals surface area contributed by atoms with Crippen molar-refractivity contribution in [3.63, 3.8) is 0 Å². The number of esters is 1. The van der Waals surface area contributed by atoms with Crippen LogP contribution in [-0.2, 0) is 9.53 Å². The van der Waals surface area contributed by atoms with E-state index in [9.17, 15) is 9.90 Å². The van der Waals surface area contributed by atoms with Crippen LogP contribution in [0.25, 0.3) is 0 Å². The van der Waals surface area contributed by atoms with Crippen LogP contribution in [0.4, 0.5) is 0 Å². The Bertz CT molecular complexity index is 412. The number of likely N-dealkylation sites (tertiary alicyclic amines) is 1. The molecule has 0 aromatic heterocycles. The van der Waals surface area contributed by atoms with E-state index in [0.717, 1.165) is 31.9 Å². The lowest BCUT2D eigenvalue weighted by molar-refractivity contribution is -0.145. The van der Waals surface area contributed by atoms with Gasteiger partial charge in [0.2, 0.25) is 0 Å². The fraction of sp³-hybridized carbons (Fsp3) is 0.889. The highest BCUT2D eigenvalue weighted by molar-refractivity contribution is 5.82. The van der Waals surface area contributed by atoms with E-state index in [1.807, 2.05) is 6.92 Å². The Hall–Kier alpha value is -1.30. The summed E-state index contributed by atoms with van der Waals surface area (Å²) in [6, 6.07) is 0. The Morgan fingerprint density at radius 3 is 2.67 bits per heavy atom. The summed E-state index contributed by atoms with van der Waals surface area (Å²) in [5.74, 6) is 1.86. The number of aliphatic hydroxyl groups is 1. The van der Waals surface area contributed by atoms with Gasteiger partial charge >= 0.3 is 5.97 Å². The molecule has 0 aliphatic carbocycles. The number of hydrogen-bond acceptors (Lipinski definition) is 4. The Labute approximate surface area is 146 Å². The highest BCUT2D eigenvalue weighted by atomic mass is 16.5. The molecule has 0 saturated carbocycles. The van der Waals surface area contributed by atoms with Gasteiger partial charge in [-0.3, -0.25) is 9.79 Å². The van der Waals surface area contributed by atoms with E-state index in [1.54, 1.807) is 0 Å². The van der Waals surface area contributed by atoms with Crippen molar-refractivity contribution < 1.29 is 14.6 Å². The predicted octanol–water partition coefficient (Wildman–Crippen LogP) is 1.74. The molecule has 0 aromatic rings. The van der Waals surface area contributed by atoms with Crippen LogP contribution in [0, 0.1) is 23.7 Å². The van der Waals surface area contributed by atoms with Gasteiger partial charge in [0.25, 0.3) is 0 Å². The number of nitrogens with one attached hydrogen (secondary N) is 1. The number of nitrogens with zero attached hydrogens (tertiary/aromatic N) is 2. The van der Waals surface area contributed by atoms with Gasteiger partial charge in [-0.15, -0.1) is 0 Å². The SMILES string of the molecule is CCNC(=NCC(CCO)CC(C)C)N1CC(C)C(C(=O)OC)C1. The average molecular weight is 341 g/mol. The zero-order valence-electron chi connectivity index (χ0n) is 15.9. The van der Waals surface area contributed by atoms with E-state index >= 15 is 0 Å². The lowest BCUT2D eigenvalue weighted by Crippen LogP contribution is -2.41. The molecule has 3 atom stereocenters. The first kappa shape index (κ1) is 20.7. The topological polar surface area (TPSA) is 74.2 Å².